The van der Waals surface area contributed by atoms with Gasteiger partial charge < -0.3 is 14.4 Å². The van der Waals surface area contributed by atoms with Gasteiger partial charge >= 0.3 is 0 Å². The van der Waals surface area contributed by atoms with Gasteiger partial charge in [0.1, 0.15) is 11.6 Å². The number of rotatable bonds is 6. The van der Waals surface area contributed by atoms with E-state index in [1.165, 1.54) is 42.4 Å². The van der Waals surface area contributed by atoms with Crippen LogP contribution in [0.15, 0.2) is 47.7 Å². The van der Waals surface area contributed by atoms with Crippen molar-refractivity contribution in [1.82, 2.24) is 4.90 Å². The van der Waals surface area contributed by atoms with Crippen LogP contribution in [0.4, 0.5) is 13.2 Å². The Morgan fingerprint density at radius 3 is 2.70 bits per heavy atom. The van der Waals surface area contributed by atoms with Gasteiger partial charge in [-0.25, -0.2) is 13.2 Å². The molecule has 2 rings (SSSR count). The lowest BCUT2D eigenvalue weighted by Gasteiger charge is -2.32. The second-order valence-electron chi connectivity index (χ2n) is 4.68. The Morgan fingerprint density at radius 1 is 1.30 bits per heavy atom. The molecule has 124 valence electrons. The van der Waals surface area contributed by atoms with Gasteiger partial charge in [0.15, 0.2) is 6.79 Å². The molecule has 1 aliphatic heterocycles. The SMILES string of the molecule is C=C1C(Cl)=CC=C(c2c(F)cccc2OCOC)N1CC(F)F. The Morgan fingerprint density at radius 2 is 2.04 bits per heavy atom. The highest BCUT2D eigenvalue weighted by Gasteiger charge is 2.27. The number of nitrogens with zero attached hydrogens (tertiary/aromatic N) is 1. The van der Waals surface area contributed by atoms with Crippen molar-refractivity contribution in [3.63, 3.8) is 0 Å². The first-order valence-electron chi connectivity index (χ1n) is 6.68. The van der Waals surface area contributed by atoms with Crippen LogP contribution in [0.5, 0.6) is 5.75 Å². The molecule has 0 aromatic heterocycles. The van der Waals surface area contributed by atoms with E-state index in [9.17, 15) is 13.2 Å². The minimum absolute atomic E-state index is 0.0479. The molecule has 23 heavy (non-hydrogen) atoms. The highest BCUT2D eigenvalue weighted by molar-refractivity contribution is 6.32. The van der Waals surface area contributed by atoms with Crippen LogP contribution < -0.4 is 4.74 Å². The van der Waals surface area contributed by atoms with Crippen molar-refractivity contribution in [3.8, 4) is 5.75 Å². The smallest absolute Gasteiger partial charge is 0.256 e. The van der Waals surface area contributed by atoms with Gasteiger partial charge in [0.2, 0.25) is 0 Å². The zero-order valence-corrected chi connectivity index (χ0v) is 13.1. The lowest BCUT2D eigenvalue weighted by Crippen LogP contribution is -2.29. The number of hydrogen-bond donors (Lipinski definition) is 0. The summed E-state index contributed by atoms with van der Waals surface area (Å²) in [6.45, 7) is 2.93. The van der Waals surface area contributed by atoms with Crippen molar-refractivity contribution in [3.05, 3.63) is 59.0 Å². The molecule has 0 radical (unpaired) electrons. The second-order valence-corrected chi connectivity index (χ2v) is 5.09. The minimum Gasteiger partial charge on any atom is -0.467 e. The largest absolute Gasteiger partial charge is 0.467 e. The van der Waals surface area contributed by atoms with Crippen molar-refractivity contribution in [2.75, 3.05) is 20.4 Å². The summed E-state index contributed by atoms with van der Waals surface area (Å²) in [5.74, 6) is -0.431. The highest BCUT2D eigenvalue weighted by Crippen LogP contribution is 2.38. The van der Waals surface area contributed by atoms with E-state index in [0.29, 0.717) is 0 Å². The van der Waals surface area contributed by atoms with Crippen LogP contribution in [0.2, 0.25) is 0 Å². The van der Waals surface area contributed by atoms with E-state index in [2.05, 4.69) is 6.58 Å². The zero-order valence-electron chi connectivity index (χ0n) is 12.4. The molecule has 1 aromatic carbocycles. The van der Waals surface area contributed by atoms with Crippen LogP contribution in [0.1, 0.15) is 5.56 Å². The lowest BCUT2D eigenvalue weighted by molar-refractivity contribution is 0.0505. The summed E-state index contributed by atoms with van der Waals surface area (Å²) in [7, 11) is 1.42. The summed E-state index contributed by atoms with van der Waals surface area (Å²) in [4.78, 5) is 1.17. The molecule has 1 heterocycles. The third kappa shape index (κ3) is 3.89. The summed E-state index contributed by atoms with van der Waals surface area (Å²) >= 11 is 5.95. The average molecular weight is 346 g/mol. The summed E-state index contributed by atoms with van der Waals surface area (Å²) < 4.78 is 50.3. The molecule has 0 amide bonds. The minimum atomic E-state index is -2.65. The zero-order chi connectivity index (χ0) is 17.0. The van der Waals surface area contributed by atoms with Crippen LogP contribution in [-0.4, -0.2) is 31.8 Å². The number of alkyl halides is 2. The van der Waals surface area contributed by atoms with Crippen molar-refractivity contribution in [1.29, 1.82) is 0 Å². The quantitative estimate of drug-likeness (QED) is 0.715. The summed E-state index contributed by atoms with van der Waals surface area (Å²) in [6.07, 6.45) is 0.290. The molecule has 7 heteroatoms. The average Bonchev–Trinajstić information content (AvgIpc) is 2.50. The predicted octanol–water partition coefficient (Wildman–Crippen LogP) is 4.37. The van der Waals surface area contributed by atoms with Crippen LogP contribution in [0, 0.1) is 5.82 Å². The molecule has 0 atom stereocenters. The van der Waals surface area contributed by atoms with Gasteiger partial charge in [-0.2, -0.15) is 0 Å². The molecule has 0 spiro atoms. The molecule has 1 aromatic rings. The number of benzene rings is 1. The normalized spacial score (nSPS) is 14.9. The molecule has 0 unspecified atom stereocenters. The van der Waals surface area contributed by atoms with Gasteiger partial charge in [-0.3, -0.25) is 0 Å². The standard InChI is InChI=1S/C16H15ClF3NO2/c1-10-11(17)6-7-13(21(10)8-15(19)20)16-12(18)4-3-5-14(16)23-9-22-2/h3-7,15H,1,8-9H2,2H3. The molecule has 0 saturated carbocycles. The molecule has 1 aliphatic rings. The maximum Gasteiger partial charge on any atom is 0.256 e. The molecule has 0 aliphatic carbocycles. The van der Waals surface area contributed by atoms with Gasteiger partial charge in [0.05, 0.1) is 28.5 Å². The molecular formula is C16H15ClF3NO2. The second kappa shape index (κ2) is 7.57. The number of methoxy groups -OCH3 is 1. The van der Waals surface area contributed by atoms with Crippen LogP contribution >= 0.6 is 11.6 Å². The van der Waals surface area contributed by atoms with E-state index in [1.54, 1.807) is 0 Å². The van der Waals surface area contributed by atoms with Crippen molar-refractivity contribution >= 4 is 17.3 Å². The third-order valence-corrected chi connectivity index (χ3v) is 3.51. The van der Waals surface area contributed by atoms with E-state index in [4.69, 9.17) is 21.1 Å². The Hall–Kier alpha value is -1.92. The third-order valence-electron chi connectivity index (χ3n) is 3.16. The Labute approximate surface area is 137 Å². The van der Waals surface area contributed by atoms with Gasteiger partial charge in [-0.1, -0.05) is 24.2 Å². The monoisotopic (exact) mass is 345 g/mol. The van der Waals surface area contributed by atoms with Gasteiger partial charge in [0.25, 0.3) is 6.43 Å². The Balaban J connectivity index is 2.51. The fourth-order valence-electron chi connectivity index (χ4n) is 2.17. The van der Waals surface area contributed by atoms with Gasteiger partial charge in [-0.05, 0) is 24.3 Å². The van der Waals surface area contributed by atoms with Crippen molar-refractivity contribution in [2.45, 2.75) is 6.43 Å². The fraction of sp³-hybridized carbons (Fsp3) is 0.250. The van der Waals surface area contributed by atoms with Crippen molar-refractivity contribution < 1.29 is 22.6 Å². The maximum atomic E-state index is 14.3. The molecule has 0 saturated heterocycles. The molecular weight excluding hydrogens is 331 g/mol. The van der Waals surface area contributed by atoms with Crippen LogP contribution in [0.25, 0.3) is 5.70 Å². The molecule has 0 bridgehead atoms. The summed E-state index contributed by atoms with van der Waals surface area (Å²) in [5.41, 5.74) is 0.418. The summed E-state index contributed by atoms with van der Waals surface area (Å²) in [6, 6.07) is 4.21. The number of halogens is 4. The van der Waals surface area contributed by atoms with E-state index in [-0.39, 0.29) is 34.5 Å². The van der Waals surface area contributed by atoms with Crippen molar-refractivity contribution in [2.24, 2.45) is 0 Å². The fourth-order valence-corrected chi connectivity index (χ4v) is 2.34. The van der Waals surface area contributed by atoms with E-state index < -0.39 is 18.8 Å². The first kappa shape index (κ1) is 17.4. The Kier molecular flexibility index (Phi) is 5.74. The maximum absolute atomic E-state index is 14.3. The Bertz CT molecular complexity index is 659. The van der Waals surface area contributed by atoms with Gasteiger partial charge in [-0.15, -0.1) is 0 Å². The van der Waals surface area contributed by atoms with Gasteiger partial charge in [0, 0.05) is 7.11 Å². The van der Waals surface area contributed by atoms with E-state index in [1.807, 2.05) is 0 Å². The predicted molar refractivity (Wildman–Crippen MR) is 82.7 cm³/mol. The topological polar surface area (TPSA) is 21.7 Å². The first-order chi connectivity index (χ1) is 11.0. The molecule has 3 nitrogen and oxygen atoms in total. The van der Waals surface area contributed by atoms with E-state index in [0.717, 1.165) is 0 Å². The first-order valence-corrected chi connectivity index (χ1v) is 7.06. The molecule has 0 N–H and O–H groups in total. The van der Waals surface area contributed by atoms with Crippen LogP contribution in [0.3, 0.4) is 0 Å². The summed E-state index contributed by atoms with van der Waals surface area (Å²) in [5, 5.41) is 0.213. The number of ether oxygens (including phenoxy) is 2. The number of allylic oxidation sites excluding steroid dienone is 3. The van der Waals surface area contributed by atoms with Crippen LogP contribution in [-0.2, 0) is 4.74 Å². The lowest BCUT2D eigenvalue weighted by atomic mass is 10.0. The van der Waals surface area contributed by atoms with E-state index >= 15 is 0 Å². The highest BCUT2D eigenvalue weighted by atomic mass is 35.5. The number of hydrogen-bond acceptors (Lipinski definition) is 3. The molecule has 0 fully saturated rings.